The van der Waals surface area contributed by atoms with Crippen LogP contribution < -0.4 is 16.6 Å². The van der Waals surface area contributed by atoms with Gasteiger partial charge in [0.05, 0.1) is 19.7 Å². The Hall–Kier alpha value is -1.60. The molecule has 0 radical (unpaired) electrons. The average Bonchev–Trinajstić information content (AvgIpc) is 2.81. The van der Waals surface area contributed by atoms with Crippen molar-refractivity contribution in [1.82, 2.24) is 20.5 Å². The van der Waals surface area contributed by atoms with Gasteiger partial charge in [0.2, 0.25) is 5.96 Å². The molecule has 7 nitrogen and oxygen atoms in total. The topological polar surface area (TPSA) is 89.5 Å². The summed E-state index contributed by atoms with van der Waals surface area (Å²) in [5.74, 6) is 5.93. The lowest BCUT2D eigenvalue weighted by atomic mass is 10.4. The van der Waals surface area contributed by atoms with E-state index in [2.05, 4.69) is 20.8 Å². The van der Waals surface area contributed by atoms with E-state index in [1.807, 2.05) is 23.9 Å². The minimum absolute atomic E-state index is 0.152. The summed E-state index contributed by atoms with van der Waals surface area (Å²) in [6.45, 7) is 3.91. The van der Waals surface area contributed by atoms with Crippen molar-refractivity contribution in [2.75, 3.05) is 20.3 Å². The van der Waals surface area contributed by atoms with Crippen LogP contribution in [0.4, 0.5) is 0 Å². The van der Waals surface area contributed by atoms with Gasteiger partial charge in [-0.25, -0.2) is 5.84 Å². The van der Waals surface area contributed by atoms with Gasteiger partial charge >= 0.3 is 0 Å². The number of guanidine groups is 1. The molecule has 1 rings (SSSR count). The summed E-state index contributed by atoms with van der Waals surface area (Å²) >= 11 is 0. The molecule has 0 saturated heterocycles. The first-order valence-electron chi connectivity index (χ1n) is 5.50. The van der Waals surface area contributed by atoms with Gasteiger partial charge in [0.25, 0.3) is 0 Å². The molecule has 0 aliphatic heterocycles. The van der Waals surface area contributed by atoms with Crippen molar-refractivity contribution in [3.05, 3.63) is 18.5 Å². The van der Waals surface area contributed by atoms with Crippen LogP contribution in [0.1, 0.15) is 6.92 Å². The number of hydrogen-bond acceptors (Lipinski definition) is 4. The zero-order chi connectivity index (χ0) is 12.5. The van der Waals surface area contributed by atoms with Crippen LogP contribution >= 0.6 is 0 Å². The zero-order valence-corrected chi connectivity index (χ0v) is 10.3. The fraction of sp³-hybridized carbons (Fsp3) is 0.600. The summed E-state index contributed by atoms with van der Waals surface area (Å²) in [6.07, 6.45) is 3.64. The highest BCUT2D eigenvalue weighted by Crippen LogP contribution is 1.86. The molecule has 1 unspecified atom stereocenters. The molecule has 0 saturated carbocycles. The van der Waals surface area contributed by atoms with E-state index in [-0.39, 0.29) is 6.04 Å². The molecule has 7 heteroatoms. The van der Waals surface area contributed by atoms with Crippen LogP contribution in [0.2, 0.25) is 0 Å². The van der Waals surface area contributed by atoms with Crippen molar-refractivity contribution >= 4 is 5.96 Å². The lowest BCUT2D eigenvalue weighted by molar-refractivity contribution is 0.179. The fourth-order valence-corrected chi connectivity index (χ4v) is 1.35. The number of nitrogens with one attached hydrogen (secondary N) is 2. The van der Waals surface area contributed by atoms with Crippen LogP contribution in [-0.4, -0.2) is 42.0 Å². The Morgan fingerprint density at radius 2 is 2.47 bits per heavy atom. The second kappa shape index (κ2) is 7.64. The molecule has 0 fully saturated rings. The molecule has 0 aliphatic carbocycles. The van der Waals surface area contributed by atoms with Gasteiger partial charge in [-0.3, -0.25) is 15.1 Å². The summed E-state index contributed by atoms with van der Waals surface area (Å²) < 4.78 is 6.83. The number of hydrazine groups is 1. The van der Waals surface area contributed by atoms with Crippen LogP contribution in [-0.2, 0) is 11.3 Å². The lowest BCUT2D eigenvalue weighted by Gasteiger charge is -2.15. The monoisotopic (exact) mass is 240 g/mol. The fourth-order valence-electron chi connectivity index (χ4n) is 1.35. The Bertz CT molecular complexity index is 324. The Morgan fingerprint density at radius 1 is 1.65 bits per heavy atom. The maximum absolute atomic E-state index is 5.37. The molecular formula is C10H20N6O. The number of aliphatic imine (C=N–C) groups is 1. The molecular weight excluding hydrogens is 220 g/mol. The number of methoxy groups -OCH3 is 1. The number of hydrogen-bond donors (Lipinski definition) is 3. The Labute approximate surface area is 101 Å². The lowest BCUT2D eigenvalue weighted by Crippen LogP contribution is -2.47. The molecule has 0 aromatic carbocycles. The van der Waals surface area contributed by atoms with Gasteiger partial charge in [0, 0.05) is 25.5 Å². The first-order valence-corrected chi connectivity index (χ1v) is 5.50. The van der Waals surface area contributed by atoms with Crippen LogP contribution in [0.3, 0.4) is 0 Å². The molecule has 1 aromatic rings. The molecule has 1 atom stereocenters. The molecule has 1 heterocycles. The van der Waals surface area contributed by atoms with Crippen molar-refractivity contribution in [2.45, 2.75) is 19.5 Å². The minimum Gasteiger partial charge on any atom is -0.383 e. The van der Waals surface area contributed by atoms with E-state index in [9.17, 15) is 0 Å². The van der Waals surface area contributed by atoms with Crippen LogP contribution in [0, 0.1) is 0 Å². The SMILES string of the molecule is COCC(C)NC(=NCCn1cccn1)NN. The number of ether oxygens (including phenoxy) is 1. The normalized spacial score (nSPS) is 13.5. The van der Waals surface area contributed by atoms with Gasteiger partial charge in [-0.05, 0) is 13.0 Å². The third kappa shape index (κ3) is 5.32. The Morgan fingerprint density at radius 3 is 3.06 bits per heavy atom. The van der Waals surface area contributed by atoms with E-state index in [1.165, 1.54) is 0 Å². The van der Waals surface area contributed by atoms with Crippen LogP contribution in [0.25, 0.3) is 0 Å². The van der Waals surface area contributed by atoms with E-state index >= 15 is 0 Å². The van der Waals surface area contributed by atoms with Crippen molar-refractivity contribution in [3.63, 3.8) is 0 Å². The summed E-state index contributed by atoms with van der Waals surface area (Å²) in [4.78, 5) is 4.29. The third-order valence-corrected chi connectivity index (χ3v) is 2.09. The van der Waals surface area contributed by atoms with Crippen LogP contribution in [0.5, 0.6) is 0 Å². The molecule has 0 amide bonds. The largest absolute Gasteiger partial charge is 0.383 e. The quantitative estimate of drug-likeness (QED) is 0.265. The van der Waals surface area contributed by atoms with E-state index in [1.54, 1.807) is 13.3 Å². The predicted molar refractivity (Wildman–Crippen MR) is 66.3 cm³/mol. The van der Waals surface area contributed by atoms with Gasteiger partial charge in [0.15, 0.2) is 0 Å². The van der Waals surface area contributed by atoms with Gasteiger partial charge in [-0.15, -0.1) is 0 Å². The van der Waals surface area contributed by atoms with Gasteiger partial charge in [0.1, 0.15) is 0 Å². The highest BCUT2D eigenvalue weighted by molar-refractivity contribution is 5.79. The Kier molecular flexibility index (Phi) is 6.05. The van der Waals surface area contributed by atoms with E-state index in [0.717, 1.165) is 6.54 Å². The number of nitrogens with two attached hydrogens (primary N) is 1. The molecule has 0 spiro atoms. The highest BCUT2D eigenvalue weighted by Gasteiger charge is 2.03. The predicted octanol–water partition coefficient (Wildman–Crippen LogP) is -0.673. The smallest absolute Gasteiger partial charge is 0.206 e. The number of rotatable bonds is 6. The van der Waals surface area contributed by atoms with E-state index in [4.69, 9.17) is 10.6 Å². The molecule has 0 aliphatic rings. The Balaban J connectivity index is 2.33. The summed E-state index contributed by atoms with van der Waals surface area (Å²) in [6, 6.07) is 2.03. The highest BCUT2D eigenvalue weighted by atomic mass is 16.5. The maximum Gasteiger partial charge on any atom is 0.206 e. The van der Waals surface area contributed by atoms with Crippen molar-refractivity contribution in [3.8, 4) is 0 Å². The molecule has 17 heavy (non-hydrogen) atoms. The zero-order valence-electron chi connectivity index (χ0n) is 10.3. The average molecular weight is 240 g/mol. The van der Waals surface area contributed by atoms with Crippen molar-refractivity contribution in [1.29, 1.82) is 0 Å². The van der Waals surface area contributed by atoms with Crippen LogP contribution in [0.15, 0.2) is 23.5 Å². The molecule has 0 bridgehead atoms. The first-order chi connectivity index (χ1) is 8.26. The number of nitrogens with zero attached hydrogens (tertiary/aromatic N) is 3. The number of aromatic nitrogens is 2. The second-order valence-corrected chi connectivity index (χ2v) is 3.64. The maximum atomic E-state index is 5.37. The van der Waals surface area contributed by atoms with Gasteiger partial charge in [-0.1, -0.05) is 0 Å². The molecule has 4 N–H and O–H groups in total. The second-order valence-electron chi connectivity index (χ2n) is 3.64. The van der Waals surface area contributed by atoms with Gasteiger partial charge in [-0.2, -0.15) is 5.10 Å². The van der Waals surface area contributed by atoms with Crippen molar-refractivity contribution in [2.24, 2.45) is 10.8 Å². The molecule has 1 aromatic heterocycles. The van der Waals surface area contributed by atoms with Crippen molar-refractivity contribution < 1.29 is 4.74 Å². The third-order valence-electron chi connectivity index (χ3n) is 2.09. The summed E-state index contributed by atoms with van der Waals surface area (Å²) in [5.41, 5.74) is 2.53. The summed E-state index contributed by atoms with van der Waals surface area (Å²) in [7, 11) is 1.66. The van der Waals surface area contributed by atoms with E-state index < -0.39 is 0 Å². The minimum atomic E-state index is 0.152. The van der Waals surface area contributed by atoms with E-state index in [0.29, 0.717) is 19.1 Å². The van der Waals surface area contributed by atoms with Gasteiger partial charge < -0.3 is 10.1 Å². The standard InChI is InChI=1S/C10H20N6O/c1-9(8-17-2)14-10(15-11)12-5-7-16-6-3-4-13-16/h3-4,6,9H,5,7-8,11H2,1-2H3,(H2,12,14,15). The molecule has 96 valence electrons. The first kappa shape index (κ1) is 13.5. The summed E-state index contributed by atoms with van der Waals surface area (Å²) in [5, 5.41) is 7.19.